The zero-order chi connectivity index (χ0) is 99.6. The van der Waals surface area contributed by atoms with Gasteiger partial charge in [0.05, 0.1) is 19.8 Å². The molecule has 0 bridgehead atoms. The van der Waals surface area contributed by atoms with Gasteiger partial charge in [0, 0.05) is 166 Å². The van der Waals surface area contributed by atoms with E-state index in [2.05, 4.69) is 80.0 Å². The van der Waals surface area contributed by atoms with E-state index in [4.69, 9.17) is 62.7 Å². The van der Waals surface area contributed by atoms with Crippen molar-refractivity contribution in [3.05, 3.63) is 260 Å². The molecule has 0 spiro atoms. The molecule has 0 aliphatic carbocycles. The lowest BCUT2D eigenvalue weighted by molar-refractivity contribution is -0.142. The van der Waals surface area contributed by atoms with Gasteiger partial charge in [-0.1, -0.05) is 184 Å². The summed E-state index contributed by atoms with van der Waals surface area (Å²) in [5, 5.41) is 30.8. The van der Waals surface area contributed by atoms with Gasteiger partial charge in [-0.25, -0.2) is 4.39 Å². The second-order valence-electron chi connectivity index (χ2n) is 31.4. The van der Waals surface area contributed by atoms with Crippen molar-refractivity contribution in [1.29, 1.82) is 0 Å². The number of nitrogens with zero attached hydrogens (tertiary/aromatic N) is 15. The smallest absolute Gasteiger partial charge is 0.379 e. The van der Waals surface area contributed by atoms with Crippen LogP contribution in [0.25, 0.3) is 0 Å². The lowest BCUT2D eigenvalue weighted by Crippen LogP contribution is -2.43. The normalized spacial score (nSPS) is 13.2. The van der Waals surface area contributed by atoms with Gasteiger partial charge in [0.1, 0.15) is 33.2 Å². The minimum Gasteiger partial charge on any atom is -0.379 e. The van der Waals surface area contributed by atoms with Crippen LogP contribution in [0.4, 0.5) is 57.1 Å². The molecule has 5 aromatic heterocycles. The standard InChI is InChI=1S/C19H22ClF3N4O.C19H24ClF3N4O.C18H21ClF4N4O.C18H20ClF3N4O2.C17H22BrClN4O/c20-15-7-3-2-6-14(15)13-27(11-10-26-8-4-1-5-9-26)18(28)16-12-17(25-24-16)19(21,22)23;1-4-26(5-2)8-9-27(12-14-10-13(3)6-7-15(14)20)18(28)16-11-17(25-24-16)19(21,22)23;1-3-26(4-2)8-9-27(11-12-13(19)6-5-7-14(12)20)17(28)15-10-16(25-24-15)18(21,22)23;19-14-4-2-1-3-13(14)12-26(6-5-25-7-9-28-10-8-25)17(27)15-11-16(24-23-15)18(20,21)22;1-3-22(4-2)9-10-23(12-13-7-5-6-8-14(13)19)17(24)15-11-16(18)21-20-15/h2-3,6-7,12H,1,4-5,8-11,13H2,(H,24,25);6-7,10-11H,4-5,8-9,12H2,1-3H3,(H,24,25);5-7,10H,3-4,8-9,11H2,1-2H3,(H,24,25);1-4,11H,5-10,12H2,(H,23,24);5-8,11H,3-4,9-10,12H2,1-2H3,(H,20,21). The first-order valence-electron chi connectivity index (χ1n) is 43.8. The van der Waals surface area contributed by atoms with E-state index in [9.17, 15) is 81.0 Å². The highest BCUT2D eigenvalue weighted by Gasteiger charge is 2.39. The molecule has 2 saturated heterocycles. The molecule has 0 unspecified atom stereocenters. The molecule has 2 fully saturated rings. The number of morpholine rings is 1. The number of aromatic amines is 5. The number of halogens is 19. The number of rotatable bonds is 36. The highest BCUT2D eigenvalue weighted by Crippen LogP contribution is 2.34. The molecule has 45 heteroatoms. The zero-order valence-corrected chi connectivity index (χ0v) is 81.2. The number of benzene rings is 5. The van der Waals surface area contributed by atoms with E-state index in [0.29, 0.717) is 114 Å². The fourth-order valence-electron chi connectivity index (χ4n) is 14.1. The maximum absolute atomic E-state index is 14.2. The van der Waals surface area contributed by atoms with Gasteiger partial charge in [-0.05, 0) is 147 Å². The largest absolute Gasteiger partial charge is 0.432 e. The Kier molecular flexibility index (Phi) is 44.3. The molecule has 0 saturated carbocycles. The van der Waals surface area contributed by atoms with Gasteiger partial charge in [-0.2, -0.15) is 78.2 Å². The highest BCUT2D eigenvalue weighted by molar-refractivity contribution is 9.10. The van der Waals surface area contributed by atoms with Crippen LogP contribution in [0.15, 0.2) is 144 Å². The molecule has 0 radical (unpaired) electrons. The summed E-state index contributed by atoms with van der Waals surface area (Å²) in [7, 11) is 0. The van der Waals surface area contributed by atoms with Gasteiger partial charge in [-0.15, -0.1) is 0 Å². The molecule has 5 amide bonds. The van der Waals surface area contributed by atoms with Crippen molar-refractivity contribution in [2.45, 2.75) is 125 Å². The Morgan fingerprint density at radius 1 is 0.360 bits per heavy atom. The van der Waals surface area contributed by atoms with Crippen LogP contribution >= 0.6 is 73.9 Å². The zero-order valence-electron chi connectivity index (χ0n) is 75.8. The van der Waals surface area contributed by atoms with Crippen molar-refractivity contribution in [3.63, 3.8) is 0 Å². The third-order valence-corrected chi connectivity index (χ3v) is 24.4. The predicted molar refractivity (Wildman–Crippen MR) is 497 cm³/mol. The number of hydrogen-bond donors (Lipinski definition) is 5. The Bertz CT molecular complexity index is 5250. The Morgan fingerprint density at radius 2 is 0.662 bits per heavy atom. The molecule has 7 heterocycles. The molecule has 2 aliphatic rings. The first kappa shape index (κ1) is 112. The topological polar surface area (TPSA) is 270 Å². The Morgan fingerprint density at radius 3 is 0.978 bits per heavy atom. The maximum Gasteiger partial charge on any atom is 0.432 e. The van der Waals surface area contributed by atoms with E-state index in [-0.39, 0.29) is 72.0 Å². The molecule has 5 aromatic carbocycles. The van der Waals surface area contributed by atoms with E-state index in [1.54, 1.807) is 59.5 Å². The SMILES string of the molecule is CCN(CC)CCN(Cc1c(F)cccc1Cl)C(=O)c1cc(C(F)(F)F)[nH]n1.CCN(CC)CCN(Cc1cc(C)ccc1Cl)C(=O)c1cc(C(F)(F)F)[nH]n1.CCN(CC)CCN(Cc1ccccc1Cl)C(=O)c1cc(Br)[nH]n1.O=C(c1cc(C(F)(F)F)[nH]n1)N(CCN1CCCCC1)Cc1ccccc1Cl.O=C(c1cc(C(F)(F)F)[nH]n1)N(CCN1CCOCC1)Cc1ccccc1Cl. The minimum atomic E-state index is -4.65. The number of carbonyl (C=O) groups excluding carboxylic acids is 5. The number of piperidine rings is 1. The number of H-pyrrole nitrogens is 5. The van der Waals surface area contributed by atoms with E-state index in [0.717, 1.165) is 125 Å². The average molecular weight is 2080 g/mol. The maximum atomic E-state index is 14.2. The molecule has 2 aliphatic heterocycles. The number of likely N-dealkylation sites (N-methyl/N-ethyl adjacent to an activating group) is 3. The molecule has 12 rings (SSSR count). The fraction of sp³-hybridized carbons (Fsp3) is 0.451. The van der Waals surface area contributed by atoms with Crippen molar-refractivity contribution >= 4 is 103 Å². The van der Waals surface area contributed by atoms with Crippen molar-refractivity contribution < 1.29 is 85.8 Å². The number of nitrogens with one attached hydrogen (secondary N) is 5. The van der Waals surface area contributed by atoms with Crippen molar-refractivity contribution in [1.82, 2.24) is 100.0 Å². The number of carbonyl (C=O) groups is 5. The van der Waals surface area contributed by atoms with Crippen molar-refractivity contribution in [2.24, 2.45) is 0 Å². The van der Waals surface area contributed by atoms with Gasteiger partial charge < -0.3 is 48.8 Å². The molecule has 742 valence electrons. The number of ether oxygens (including phenoxy) is 1. The van der Waals surface area contributed by atoms with Gasteiger partial charge in [0.2, 0.25) is 0 Å². The van der Waals surface area contributed by atoms with E-state index in [1.165, 1.54) is 44.2 Å². The average Bonchev–Trinajstić information content (AvgIpc) is 1.68. The summed E-state index contributed by atoms with van der Waals surface area (Å²) < 4.78 is 174. The molecule has 10 aromatic rings. The van der Waals surface area contributed by atoms with E-state index in [1.807, 2.05) is 102 Å². The Balaban J connectivity index is 0.000000209. The molecule has 5 N–H and O–H groups in total. The quantitative estimate of drug-likeness (QED) is 0.0228. The first-order chi connectivity index (χ1) is 64.5. The van der Waals surface area contributed by atoms with Crippen LogP contribution in [0.1, 0.15) is 169 Å². The predicted octanol–water partition coefficient (Wildman–Crippen LogP) is 19.7. The van der Waals surface area contributed by atoms with Crippen LogP contribution in [-0.2, 0) is 62.2 Å². The van der Waals surface area contributed by atoms with Crippen LogP contribution in [0, 0.1) is 12.7 Å². The summed E-state index contributed by atoms with van der Waals surface area (Å²) in [5.74, 6) is -3.14. The van der Waals surface area contributed by atoms with E-state index < -0.39 is 76.9 Å². The lowest BCUT2D eigenvalue weighted by atomic mass is 10.1. The fourth-order valence-corrected chi connectivity index (χ4v) is 15.4. The van der Waals surface area contributed by atoms with Gasteiger partial charge in [0.15, 0.2) is 28.5 Å². The molecule has 26 nitrogen and oxygen atoms in total. The minimum absolute atomic E-state index is 0.101. The van der Waals surface area contributed by atoms with Crippen LogP contribution in [0.5, 0.6) is 0 Å². The summed E-state index contributed by atoms with van der Waals surface area (Å²) in [6.45, 7) is 29.6. The first-order valence-corrected chi connectivity index (χ1v) is 46.5. The van der Waals surface area contributed by atoms with Crippen LogP contribution in [0.2, 0.25) is 25.1 Å². The van der Waals surface area contributed by atoms with E-state index >= 15 is 0 Å². The number of aromatic nitrogens is 10. The molecular formula is C91H109BrCl5F13N20O6. The van der Waals surface area contributed by atoms with Gasteiger partial charge >= 0.3 is 24.7 Å². The second-order valence-corrected chi connectivity index (χ2v) is 34.3. The Hall–Kier alpha value is -9.72. The third-order valence-electron chi connectivity index (χ3n) is 22.2. The Labute approximate surface area is 813 Å². The van der Waals surface area contributed by atoms with Crippen LogP contribution in [0.3, 0.4) is 0 Å². The third kappa shape index (κ3) is 35.0. The summed E-state index contributed by atoms with van der Waals surface area (Å²) >= 11 is 34.3. The highest BCUT2D eigenvalue weighted by atomic mass is 79.9. The van der Waals surface area contributed by atoms with Crippen LogP contribution < -0.4 is 0 Å². The summed E-state index contributed by atoms with van der Waals surface area (Å²) in [5.41, 5.74) is -0.847. The summed E-state index contributed by atoms with van der Waals surface area (Å²) in [6.07, 6.45) is -15.0. The number of hydrogen-bond acceptors (Lipinski definition) is 16. The van der Waals surface area contributed by atoms with Gasteiger partial charge in [0.25, 0.3) is 29.5 Å². The molecule has 0 atom stereocenters. The lowest BCUT2D eigenvalue weighted by Gasteiger charge is -2.30. The molecule has 136 heavy (non-hydrogen) atoms. The summed E-state index contributed by atoms with van der Waals surface area (Å²) in [6, 6.07) is 36.0. The monoisotopic (exact) mass is 2080 g/mol. The van der Waals surface area contributed by atoms with Gasteiger partial charge in [-0.3, -0.25) is 54.4 Å². The van der Waals surface area contributed by atoms with Crippen molar-refractivity contribution in [3.8, 4) is 0 Å². The number of likely N-dealkylation sites (tertiary alicyclic amines) is 1. The van der Waals surface area contributed by atoms with Crippen LogP contribution in [-0.4, -0.2) is 274 Å². The summed E-state index contributed by atoms with van der Waals surface area (Å²) in [4.78, 5) is 82.6. The second kappa shape index (κ2) is 54.0. The molecular weight excluding hydrogens is 1970 g/mol. The number of alkyl halides is 12. The van der Waals surface area contributed by atoms with Crippen molar-refractivity contribution in [2.75, 3.05) is 144 Å². The number of aryl methyl sites for hydroxylation is 1. The number of amides is 5.